The molecule has 5 rings (SSSR count). The van der Waals surface area contributed by atoms with E-state index in [-0.39, 0.29) is 11.7 Å². The van der Waals surface area contributed by atoms with Crippen LogP contribution in [0.15, 0.2) is 101 Å². The van der Waals surface area contributed by atoms with Crippen LogP contribution in [0.25, 0.3) is 6.08 Å². The summed E-state index contributed by atoms with van der Waals surface area (Å²) in [6.07, 6.45) is 4.31. The van der Waals surface area contributed by atoms with Crippen LogP contribution in [-0.4, -0.2) is 60.4 Å². The first kappa shape index (κ1) is 28.3. The third kappa shape index (κ3) is 8.16. The van der Waals surface area contributed by atoms with E-state index in [2.05, 4.69) is 34.1 Å². The van der Waals surface area contributed by atoms with Gasteiger partial charge in [0.05, 0.1) is 13.7 Å². The molecule has 1 aliphatic rings. The summed E-state index contributed by atoms with van der Waals surface area (Å²) in [7, 11) is 1.64. The van der Waals surface area contributed by atoms with Crippen molar-refractivity contribution in [2.24, 2.45) is 0 Å². The van der Waals surface area contributed by atoms with Gasteiger partial charge < -0.3 is 14.1 Å². The van der Waals surface area contributed by atoms with E-state index in [1.165, 1.54) is 11.6 Å². The molecule has 1 saturated heterocycles. The molecule has 4 aromatic rings. The van der Waals surface area contributed by atoms with E-state index in [4.69, 9.17) is 9.15 Å². The highest BCUT2D eigenvalue weighted by molar-refractivity contribution is 5.91. The lowest BCUT2D eigenvalue weighted by Gasteiger charge is -2.33. The molecule has 41 heavy (non-hydrogen) atoms. The summed E-state index contributed by atoms with van der Waals surface area (Å²) in [5, 5.41) is 0. The van der Waals surface area contributed by atoms with Crippen LogP contribution in [-0.2, 0) is 19.6 Å². The van der Waals surface area contributed by atoms with E-state index in [9.17, 15) is 9.18 Å². The first-order valence-electron chi connectivity index (χ1n) is 14.0. The van der Waals surface area contributed by atoms with Crippen molar-refractivity contribution >= 4 is 12.0 Å². The van der Waals surface area contributed by atoms with Crippen LogP contribution < -0.4 is 4.74 Å². The van der Waals surface area contributed by atoms with Crippen molar-refractivity contribution in [2.75, 3.05) is 39.8 Å². The van der Waals surface area contributed by atoms with E-state index < -0.39 is 0 Å². The highest BCUT2D eigenvalue weighted by atomic mass is 19.1. The molecule has 7 heteroatoms. The highest BCUT2D eigenvalue weighted by Crippen LogP contribution is 2.20. The Bertz CT molecular complexity index is 1430. The largest absolute Gasteiger partial charge is 0.497 e. The predicted molar refractivity (Wildman–Crippen MR) is 159 cm³/mol. The maximum atomic E-state index is 13.9. The smallest absolute Gasteiger partial charge is 0.289 e. The van der Waals surface area contributed by atoms with Crippen molar-refractivity contribution in [1.29, 1.82) is 0 Å². The van der Waals surface area contributed by atoms with E-state index >= 15 is 0 Å². The second-order valence-electron chi connectivity index (χ2n) is 10.3. The van der Waals surface area contributed by atoms with Gasteiger partial charge in [-0.15, -0.1) is 0 Å². The number of hydrogen-bond donors (Lipinski definition) is 0. The molecular formula is C34H36FN3O3. The quantitative estimate of drug-likeness (QED) is 0.225. The minimum atomic E-state index is -0.259. The topological polar surface area (TPSA) is 49.2 Å². The fourth-order valence-electron chi connectivity index (χ4n) is 5.04. The summed E-state index contributed by atoms with van der Waals surface area (Å²) in [6.45, 7) is 5.48. The third-order valence-electron chi connectivity index (χ3n) is 7.25. The molecule has 0 aliphatic carbocycles. The first-order valence-corrected chi connectivity index (χ1v) is 14.0. The molecule has 0 saturated carbocycles. The van der Waals surface area contributed by atoms with Crippen LogP contribution in [0.5, 0.6) is 5.75 Å². The minimum Gasteiger partial charge on any atom is -0.497 e. The molecule has 0 spiro atoms. The number of amides is 1. The summed E-state index contributed by atoms with van der Waals surface area (Å²) in [4.78, 5) is 19.6. The molecule has 1 fully saturated rings. The Morgan fingerprint density at radius 2 is 1.63 bits per heavy atom. The van der Waals surface area contributed by atoms with E-state index in [1.807, 2.05) is 59.5 Å². The molecule has 212 valence electrons. The van der Waals surface area contributed by atoms with Crippen molar-refractivity contribution in [3.05, 3.63) is 131 Å². The van der Waals surface area contributed by atoms with Gasteiger partial charge in [0.15, 0.2) is 5.76 Å². The summed E-state index contributed by atoms with van der Waals surface area (Å²) >= 11 is 0. The predicted octanol–water partition coefficient (Wildman–Crippen LogP) is 6.10. The van der Waals surface area contributed by atoms with Gasteiger partial charge in [-0.1, -0.05) is 66.7 Å². The number of rotatable bonds is 11. The third-order valence-corrected chi connectivity index (χ3v) is 7.25. The lowest BCUT2D eigenvalue weighted by Crippen LogP contribution is -2.48. The number of halogens is 1. The molecule has 0 atom stereocenters. The number of furan rings is 1. The van der Waals surface area contributed by atoms with Crippen LogP contribution in [0.2, 0.25) is 0 Å². The van der Waals surface area contributed by atoms with Gasteiger partial charge in [-0.25, -0.2) is 4.39 Å². The van der Waals surface area contributed by atoms with Gasteiger partial charge in [-0.3, -0.25) is 14.6 Å². The molecule has 0 radical (unpaired) electrons. The molecule has 3 aromatic carbocycles. The Hall–Kier alpha value is -4.20. The van der Waals surface area contributed by atoms with E-state index in [0.717, 1.165) is 36.5 Å². The second-order valence-corrected chi connectivity index (χ2v) is 10.3. The van der Waals surface area contributed by atoms with Gasteiger partial charge in [0.2, 0.25) is 0 Å². The van der Waals surface area contributed by atoms with Gasteiger partial charge in [-0.05, 0) is 53.1 Å². The van der Waals surface area contributed by atoms with Gasteiger partial charge in [0.25, 0.3) is 5.91 Å². The number of piperazine rings is 1. The zero-order valence-electron chi connectivity index (χ0n) is 23.4. The van der Waals surface area contributed by atoms with Crippen molar-refractivity contribution in [2.45, 2.75) is 19.6 Å². The van der Waals surface area contributed by atoms with Gasteiger partial charge >= 0.3 is 0 Å². The molecule has 0 N–H and O–H groups in total. The Morgan fingerprint density at radius 1 is 0.878 bits per heavy atom. The first-order chi connectivity index (χ1) is 20.1. The van der Waals surface area contributed by atoms with Gasteiger partial charge in [0, 0.05) is 45.8 Å². The Labute approximate surface area is 241 Å². The molecule has 2 heterocycles. The van der Waals surface area contributed by atoms with Crippen molar-refractivity contribution in [3.8, 4) is 5.75 Å². The SMILES string of the molecule is COc1ccc(CN(Cc2cccc(F)c2)Cc2ccc(C(=O)N3CCN(CC=Cc4ccccc4)CC3)o2)cc1. The van der Waals surface area contributed by atoms with Gasteiger partial charge in [-0.2, -0.15) is 0 Å². The van der Waals surface area contributed by atoms with Crippen molar-refractivity contribution < 1.29 is 18.3 Å². The number of hydrogen-bond acceptors (Lipinski definition) is 5. The maximum absolute atomic E-state index is 13.9. The highest BCUT2D eigenvalue weighted by Gasteiger charge is 2.24. The lowest BCUT2D eigenvalue weighted by atomic mass is 10.1. The van der Waals surface area contributed by atoms with Crippen LogP contribution in [0.4, 0.5) is 4.39 Å². The normalized spacial score (nSPS) is 14.2. The number of methoxy groups -OCH3 is 1. The Balaban J connectivity index is 1.18. The van der Waals surface area contributed by atoms with Crippen LogP contribution >= 0.6 is 0 Å². The van der Waals surface area contributed by atoms with Crippen molar-refractivity contribution in [3.63, 3.8) is 0 Å². The monoisotopic (exact) mass is 553 g/mol. The number of carbonyl (C=O) groups excluding carboxylic acids is 1. The number of ether oxygens (including phenoxy) is 1. The number of benzene rings is 3. The lowest BCUT2D eigenvalue weighted by molar-refractivity contribution is 0.0615. The molecule has 0 bridgehead atoms. The fraction of sp³-hybridized carbons (Fsp3) is 0.265. The fourth-order valence-corrected chi connectivity index (χ4v) is 5.04. The summed E-state index contributed by atoms with van der Waals surface area (Å²) < 4.78 is 25.2. The molecule has 1 amide bonds. The van der Waals surface area contributed by atoms with Crippen LogP contribution in [0.3, 0.4) is 0 Å². The zero-order valence-corrected chi connectivity index (χ0v) is 23.4. The minimum absolute atomic E-state index is 0.0810. The summed E-state index contributed by atoms with van der Waals surface area (Å²) in [6, 6.07) is 28.4. The number of nitrogens with zero attached hydrogens (tertiary/aromatic N) is 3. The summed E-state index contributed by atoms with van der Waals surface area (Å²) in [5.41, 5.74) is 3.16. The van der Waals surface area contributed by atoms with Crippen LogP contribution in [0, 0.1) is 5.82 Å². The Morgan fingerprint density at radius 3 is 2.37 bits per heavy atom. The van der Waals surface area contributed by atoms with Gasteiger partial charge in [0.1, 0.15) is 17.3 Å². The average Bonchev–Trinajstić information content (AvgIpc) is 3.46. The second kappa shape index (κ2) is 13.9. The standard InChI is InChI=1S/C34H36FN3O3/c1-40-31-14-12-28(13-15-31)24-37(25-29-9-5-11-30(35)23-29)26-32-16-17-33(41-32)34(39)38-21-19-36(20-22-38)18-6-10-27-7-3-2-4-8-27/h2-17,23H,18-22,24-26H2,1H3. The zero-order chi connectivity index (χ0) is 28.4. The molecule has 1 aliphatic heterocycles. The average molecular weight is 554 g/mol. The van der Waals surface area contributed by atoms with Crippen molar-refractivity contribution in [1.82, 2.24) is 14.7 Å². The molecule has 6 nitrogen and oxygen atoms in total. The Kier molecular flexibility index (Phi) is 9.62. The molecular weight excluding hydrogens is 517 g/mol. The maximum Gasteiger partial charge on any atom is 0.289 e. The molecule has 0 unspecified atom stereocenters. The van der Waals surface area contributed by atoms with Crippen LogP contribution in [0.1, 0.15) is 33.0 Å². The summed E-state index contributed by atoms with van der Waals surface area (Å²) in [5.74, 6) is 1.51. The molecule has 1 aromatic heterocycles. The van der Waals surface area contributed by atoms with E-state index in [0.29, 0.717) is 44.2 Å². The van der Waals surface area contributed by atoms with E-state index in [1.54, 1.807) is 25.3 Å². The number of carbonyl (C=O) groups is 1.